The molecule has 1 aromatic carbocycles. The Hall–Kier alpha value is -1.11. The Labute approximate surface area is 98.0 Å². The second-order valence-electron chi connectivity index (χ2n) is 3.25. The Bertz CT molecular complexity index is 360. The Morgan fingerprint density at radius 2 is 2.25 bits per heavy atom. The molecule has 16 heavy (non-hydrogen) atoms. The van der Waals surface area contributed by atoms with E-state index in [9.17, 15) is 15.2 Å². The molecule has 88 valence electrons. The van der Waals surface area contributed by atoms with Crippen LogP contribution in [0.5, 0.6) is 0 Å². The molecule has 1 rings (SSSR count). The zero-order valence-corrected chi connectivity index (χ0v) is 9.74. The Balaban J connectivity index is 2.63. The Morgan fingerprint density at radius 3 is 2.88 bits per heavy atom. The molecular weight excluding hydrogens is 228 g/mol. The van der Waals surface area contributed by atoms with Gasteiger partial charge >= 0.3 is 0 Å². The molecule has 0 aromatic heterocycles. The highest BCUT2D eigenvalue weighted by molar-refractivity contribution is 7.99. The summed E-state index contributed by atoms with van der Waals surface area (Å²) in [6.45, 7) is 0.480. The molecule has 6 heteroatoms. The van der Waals surface area contributed by atoms with E-state index in [1.165, 1.54) is 17.8 Å². The van der Waals surface area contributed by atoms with Gasteiger partial charge in [0.25, 0.3) is 5.69 Å². The van der Waals surface area contributed by atoms with Gasteiger partial charge in [0.1, 0.15) is 0 Å². The number of benzene rings is 1. The van der Waals surface area contributed by atoms with Crippen molar-refractivity contribution in [1.29, 1.82) is 0 Å². The number of aliphatic hydroxyl groups excluding tert-OH is 1. The highest BCUT2D eigenvalue weighted by atomic mass is 32.2. The summed E-state index contributed by atoms with van der Waals surface area (Å²) in [6, 6.07) is 6.54. The maximum atomic E-state index is 10.7. The van der Waals surface area contributed by atoms with Crippen molar-refractivity contribution in [3.05, 3.63) is 34.4 Å². The summed E-state index contributed by atoms with van der Waals surface area (Å²) in [5, 5.41) is 23.0. The molecule has 1 aromatic rings. The lowest BCUT2D eigenvalue weighted by Gasteiger charge is -2.09. The number of nitrogens with zero attached hydrogens (tertiary/aromatic N) is 1. The monoisotopic (exact) mass is 242 g/mol. The van der Waals surface area contributed by atoms with Crippen LogP contribution < -0.4 is 5.32 Å². The summed E-state index contributed by atoms with van der Waals surface area (Å²) in [5.41, 5.74) is 0.0872. The van der Waals surface area contributed by atoms with Crippen LogP contribution in [0.1, 0.15) is 0 Å². The van der Waals surface area contributed by atoms with Gasteiger partial charge in [0.05, 0.1) is 15.9 Å². The first kappa shape index (κ1) is 13.0. The van der Waals surface area contributed by atoms with Gasteiger partial charge in [0.2, 0.25) is 0 Å². The molecule has 0 amide bonds. The van der Waals surface area contributed by atoms with Gasteiger partial charge in [-0.2, -0.15) is 0 Å². The van der Waals surface area contributed by atoms with E-state index in [2.05, 4.69) is 5.32 Å². The lowest BCUT2D eigenvalue weighted by molar-refractivity contribution is -0.387. The minimum absolute atomic E-state index is 0.0872. The van der Waals surface area contributed by atoms with Crippen LogP contribution in [-0.4, -0.2) is 35.5 Å². The number of nitro groups is 1. The lowest BCUT2D eigenvalue weighted by atomic mass is 10.3. The molecule has 2 N–H and O–H groups in total. The average molecular weight is 242 g/mol. The fraction of sp³-hybridized carbons (Fsp3) is 0.400. The van der Waals surface area contributed by atoms with Gasteiger partial charge in [-0.1, -0.05) is 12.1 Å². The molecule has 5 nitrogen and oxygen atoms in total. The Morgan fingerprint density at radius 1 is 1.56 bits per heavy atom. The van der Waals surface area contributed by atoms with Crippen molar-refractivity contribution in [2.75, 3.05) is 19.3 Å². The summed E-state index contributed by atoms with van der Waals surface area (Å²) in [4.78, 5) is 10.9. The van der Waals surface area contributed by atoms with Crippen molar-refractivity contribution in [1.82, 2.24) is 5.32 Å². The number of hydrogen-bond donors (Lipinski definition) is 2. The summed E-state index contributed by atoms with van der Waals surface area (Å²) in [6.07, 6.45) is -0.505. The highest BCUT2D eigenvalue weighted by Gasteiger charge is 2.14. The number of para-hydroxylation sites is 1. The molecule has 0 spiro atoms. The number of hydrogen-bond acceptors (Lipinski definition) is 5. The molecule has 0 saturated carbocycles. The topological polar surface area (TPSA) is 75.4 Å². The molecular formula is C10H14N2O3S. The maximum Gasteiger partial charge on any atom is 0.282 e. The minimum Gasteiger partial charge on any atom is -0.391 e. The predicted molar refractivity (Wildman–Crippen MR) is 63.8 cm³/mol. The quantitative estimate of drug-likeness (QED) is 0.446. The Kier molecular flexibility index (Phi) is 5.24. The van der Waals surface area contributed by atoms with Crippen LogP contribution in [0, 0.1) is 10.1 Å². The SMILES string of the molecule is CNCC(O)CSc1ccccc1[N+](=O)[O-]. The van der Waals surface area contributed by atoms with E-state index in [4.69, 9.17) is 0 Å². The number of thioether (sulfide) groups is 1. The molecule has 0 aliphatic rings. The van der Waals surface area contributed by atoms with Gasteiger partial charge in [-0.25, -0.2) is 0 Å². The second-order valence-corrected chi connectivity index (χ2v) is 4.31. The molecule has 0 aliphatic carbocycles. The third-order valence-corrected chi connectivity index (χ3v) is 3.14. The van der Waals surface area contributed by atoms with E-state index in [1.807, 2.05) is 0 Å². The zero-order valence-electron chi connectivity index (χ0n) is 8.92. The van der Waals surface area contributed by atoms with Gasteiger partial charge in [0, 0.05) is 18.4 Å². The summed E-state index contributed by atoms with van der Waals surface area (Å²) in [7, 11) is 1.75. The minimum atomic E-state index is -0.505. The second kappa shape index (κ2) is 6.47. The van der Waals surface area contributed by atoms with Crippen molar-refractivity contribution in [2.24, 2.45) is 0 Å². The van der Waals surface area contributed by atoms with E-state index in [-0.39, 0.29) is 5.69 Å². The molecule has 0 bridgehead atoms. The van der Waals surface area contributed by atoms with Crippen LogP contribution in [0.15, 0.2) is 29.2 Å². The summed E-state index contributed by atoms with van der Waals surface area (Å²) in [5.74, 6) is 0.436. The van der Waals surface area contributed by atoms with Crippen LogP contribution in [0.2, 0.25) is 0 Å². The van der Waals surface area contributed by atoms with Gasteiger partial charge in [0.15, 0.2) is 0 Å². The number of nitrogens with one attached hydrogen (secondary N) is 1. The summed E-state index contributed by atoms with van der Waals surface area (Å²) < 4.78 is 0. The molecule has 0 heterocycles. The van der Waals surface area contributed by atoms with Crippen molar-refractivity contribution >= 4 is 17.4 Å². The first-order chi connectivity index (χ1) is 7.65. The van der Waals surface area contributed by atoms with Crippen molar-refractivity contribution < 1.29 is 10.0 Å². The summed E-state index contributed by atoms with van der Waals surface area (Å²) >= 11 is 1.29. The lowest BCUT2D eigenvalue weighted by Crippen LogP contribution is -2.25. The van der Waals surface area contributed by atoms with E-state index in [0.29, 0.717) is 17.2 Å². The average Bonchev–Trinajstić information content (AvgIpc) is 2.27. The van der Waals surface area contributed by atoms with Crippen LogP contribution in [0.25, 0.3) is 0 Å². The van der Waals surface area contributed by atoms with E-state index in [0.717, 1.165) is 0 Å². The van der Waals surface area contributed by atoms with Gasteiger partial charge < -0.3 is 10.4 Å². The van der Waals surface area contributed by atoms with Gasteiger partial charge in [-0.3, -0.25) is 10.1 Å². The van der Waals surface area contributed by atoms with Crippen LogP contribution in [-0.2, 0) is 0 Å². The van der Waals surface area contributed by atoms with Crippen molar-refractivity contribution in [3.63, 3.8) is 0 Å². The largest absolute Gasteiger partial charge is 0.391 e. The number of aliphatic hydroxyl groups is 1. The van der Waals surface area contributed by atoms with Gasteiger partial charge in [-0.15, -0.1) is 11.8 Å². The van der Waals surface area contributed by atoms with Crippen molar-refractivity contribution in [3.8, 4) is 0 Å². The molecule has 0 aliphatic heterocycles. The molecule has 0 fully saturated rings. The van der Waals surface area contributed by atoms with Crippen LogP contribution >= 0.6 is 11.8 Å². The van der Waals surface area contributed by atoms with E-state index >= 15 is 0 Å². The maximum absolute atomic E-state index is 10.7. The zero-order chi connectivity index (χ0) is 12.0. The fourth-order valence-corrected chi connectivity index (χ4v) is 2.17. The molecule has 1 unspecified atom stereocenters. The van der Waals surface area contributed by atoms with Gasteiger partial charge in [-0.05, 0) is 13.1 Å². The first-order valence-corrected chi connectivity index (χ1v) is 5.82. The first-order valence-electron chi connectivity index (χ1n) is 4.84. The van der Waals surface area contributed by atoms with E-state index < -0.39 is 11.0 Å². The number of nitro benzene ring substituents is 1. The van der Waals surface area contributed by atoms with Crippen LogP contribution in [0.3, 0.4) is 0 Å². The normalized spacial score (nSPS) is 12.4. The fourth-order valence-electron chi connectivity index (χ4n) is 1.21. The third-order valence-electron chi connectivity index (χ3n) is 1.93. The third kappa shape index (κ3) is 3.80. The molecule has 0 radical (unpaired) electrons. The number of rotatable bonds is 6. The predicted octanol–water partition coefficient (Wildman–Crippen LogP) is 1.27. The molecule has 1 atom stereocenters. The molecule has 0 saturated heterocycles. The smallest absolute Gasteiger partial charge is 0.282 e. The highest BCUT2D eigenvalue weighted by Crippen LogP contribution is 2.28. The van der Waals surface area contributed by atoms with Crippen LogP contribution in [0.4, 0.5) is 5.69 Å². The van der Waals surface area contributed by atoms with Crippen molar-refractivity contribution in [2.45, 2.75) is 11.0 Å². The van der Waals surface area contributed by atoms with E-state index in [1.54, 1.807) is 25.2 Å². The number of likely N-dealkylation sites (N-methyl/N-ethyl adjacent to an activating group) is 1. The standard InChI is InChI=1S/C10H14N2O3S/c1-11-6-8(13)7-16-10-5-3-2-4-9(10)12(14)15/h2-5,8,11,13H,6-7H2,1H3.